The average Bonchev–Trinajstić information content (AvgIpc) is 3.01. The molecule has 1 aliphatic rings. The van der Waals surface area contributed by atoms with Crippen molar-refractivity contribution in [3.8, 4) is 5.88 Å². The number of carbonyl (C=O) groups excluding carboxylic acids is 1. The van der Waals surface area contributed by atoms with Gasteiger partial charge in [-0.1, -0.05) is 18.2 Å². The molecule has 7 heteroatoms. The van der Waals surface area contributed by atoms with Gasteiger partial charge in [-0.25, -0.2) is 4.39 Å². The third kappa shape index (κ3) is 3.43. The number of aliphatic imine (C=N–C) groups is 1. The summed E-state index contributed by atoms with van der Waals surface area (Å²) in [4.78, 5) is 20.5. The highest BCUT2D eigenvalue weighted by Gasteiger charge is 2.25. The number of aromatic amines is 1. The van der Waals surface area contributed by atoms with Gasteiger partial charge in [-0.05, 0) is 31.0 Å². The van der Waals surface area contributed by atoms with Crippen LogP contribution in [-0.2, 0) is 4.79 Å². The summed E-state index contributed by atoms with van der Waals surface area (Å²) in [6.07, 6.45) is 3.06. The van der Waals surface area contributed by atoms with E-state index in [0.29, 0.717) is 30.0 Å². The number of piperidine rings is 1. The molecule has 2 heterocycles. The number of para-hydroxylation sites is 1. The molecular weight excluding hydrogens is 359 g/mol. The van der Waals surface area contributed by atoms with E-state index in [9.17, 15) is 14.3 Å². The number of nitrogens with zero attached hydrogens (tertiary/aromatic N) is 2. The highest BCUT2D eigenvalue weighted by Crippen LogP contribution is 2.30. The SMILES string of the molecule is NC(=O)C1CCCN(c2ccc(N=Cc3c(O)[nH]c4ccccc34)cc2F)C1. The number of hydrogen-bond donors (Lipinski definition) is 3. The van der Waals surface area contributed by atoms with Gasteiger partial charge in [-0.3, -0.25) is 9.79 Å². The first-order valence-electron chi connectivity index (χ1n) is 9.20. The molecule has 1 atom stereocenters. The molecule has 1 aromatic heterocycles. The molecule has 0 spiro atoms. The van der Waals surface area contributed by atoms with Crippen LogP contribution in [0, 0.1) is 11.7 Å². The number of rotatable bonds is 4. The quantitative estimate of drug-likeness (QED) is 0.605. The predicted molar refractivity (Wildman–Crippen MR) is 108 cm³/mol. The van der Waals surface area contributed by atoms with Gasteiger partial charge < -0.3 is 20.7 Å². The number of nitrogens with one attached hydrogen (secondary N) is 1. The summed E-state index contributed by atoms with van der Waals surface area (Å²) in [5, 5.41) is 10.9. The zero-order chi connectivity index (χ0) is 19.7. The van der Waals surface area contributed by atoms with Crippen molar-refractivity contribution in [2.75, 3.05) is 18.0 Å². The Kier molecular flexibility index (Phi) is 4.73. The summed E-state index contributed by atoms with van der Waals surface area (Å²) >= 11 is 0. The van der Waals surface area contributed by atoms with E-state index in [4.69, 9.17) is 5.73 Å². The zero-order valence-electron chi connectivity index (χ0n) is 15.2. The van der Waals surface area contributed by atoms with Crippen LogP contribution >= 0.6 is 0 Å². The van der Waals surface area contributed by atoms with Crippen molar-refractivity contribution >= 4 is 34.4 Å². The fraction of sp³-hybridized carbons (Fsp3) is 0.238. The van der Waals surface area contributed by atoms with Crippen LogP contribution < -0.4 is 10.6 Å². The fourth-order valence-corrected chi connectivity index (χ4v) is 3.68. The molecule has 0 aliphatic carbocycles. The molecule has 1 saturated heterocycles. The van der Waals surface area contributed by atoms with Crippen molar-refractivity contribution in [2.24, 2.45) is 16.6 Å². The number of H-pyrrole nitrogens is 1. The maximum Gasteiger partial charge on any atom is 0.222 e. The second-order valence-electron chi connectivity index (χ2n) is 7.01. The van der Waals surface area contributed by atoms with Gasteiger partial charge in [0.25, 0.3) is 0 Å². The van der Waals surface area contributed by atoms with Gasteiger partial charge in [-0.15, -0.1) is 0 Å². The van der Waals surface area contributed by atoms with E-state index >= 15 is 0 Å². The number of aromatic nitrogens is 1. The van der Waals surface area contributed by atoms with Gasteiger partial charge >= 0.3 is 0 Å². The molecule has 0 radical (unpaired) electrons. The number of primary amides is 1. The van der Waals surface area contributed by atoms with Crippen molar-refractivity contribution in [2.45, 2.75) is 12.8 Å². The van der Waals surface area contributed by atoms with E-state index in [-0.39, 0.29) is 17.7 Å². The Labute approximate surface area is 161 Å². The normalized spacial score (nSPS) is 17.5. The van der Waals surface area contributed by atoms with Crippen molar-refractivity contribution in [1.29, 1.82) is 0 Å². The van der Waals surface area contributed by atoms with Gasteiger partial charge in [-0.2, -0.15) is 0 Å². The summed E-state index contributed by atoms with van der Waals surface area (Å²) in [6.45, 7) is 1.12. The van der Waals surface area contributed by atoms with Gasteiger partial charge in [0.15, 0.2) is 5.88 Å². The average molecular weight is 380 g/mol. The molecule has 4 rings (SSSR count). The van der Waals surface area contributed by atoms with Crippen LogP contribution in [-0.4, -0.2) is 35.3 Å². The van der Waals surface area contributed by atoms with E-state index in [1.807, 2.05) is 29.2 Å². The lowest BCUT2D eigenvalue weighted by Crippen LogP contribution is -2.41. The lowest BCUT2D eigenvalue weighted by molar-refractivity contribution is -0.122. The summed E-state index contributed by atoms with van der Waals surface area (Å²) in [6, 6.07) is 12.2. The fourth-order valence-electron chi connectivity index (χ4n) is 3.68. The summed E-state index contributed by atoms with van der Waals surface area (Å²) in [5.74, 6) is -0.976. The summed E-state index contributed by atoms with van der Waals surface area (Å²) in [5.41, 5.74) is 7.65. The molecule has 1 amide bonds. The molecule has 28 heavy (non-hydrogen) atoms. The number of aromatic hydroxyl groups is 1. The standard InChI is InChI=1S/C21H21FN4O2/c22-17-10-14(7-8-19(17)26-9-3-4-13(12-26)20(23)27)24-11-16-15-5-1-2-6-18(15)25-21(16)28/h1-2,5-8,10-11,13,25,28H,3-4,9,12H2,(H2,23,27). The minimum absolute atomic E-state index is 0.0212. The number of halogens is 1. The number of fused-ring (bicyclic) bond motifs is 1. The Morgan fingerprint density at radius 2 is 2.14 bits per heavy atom. The van der Waals surface area contributed by atoms with Crippen LogP contribution in [0.3, 0.4) is 0 Å². The van der Waals surface area contributed by atoms with Gasteiger partial charge in [0.2, 0.25) is 5.91 Å². The Hall–Kier alpha value is -3.35. The molecule has 0 bridgehead atoms. The van der Waals surface area contributed by atoms with Crippen molar-refractivity contribution in [1.82, 2.24) is 4.98 Å². The Balaban J connectivity index is 1.57. The van der Waals surface area contributed by atoms with E-state index < -0.39 is 5.82 Å². The van der Waals surface area contributed by atoms with Crippen molar-refractivity contribution in [3.05, 3.63) is 53.8 Å². The number of hydrogen-bond acceptors (Lipinski definition) is 4. The van der Waals surface area contributed by atoms with E-state index in [2.05, 4.69) is 9.98 Å². The topological polar surface area (TPSA) is 94.7 Å². The molecule has 1 unspecified atom stereocenters. The monoisotopic (exact) mass is 380 g/mol. The van der Waals surface area contributed by atoms with Gasteiger partial charge in [0, 0.05) is 36.3 Å². The first-order chi connectivity index (χ1) is 13.5. The highest BCUT2D eigenvalue weighted by molar-refractivity contribution is 6.02. The molecule has 3 aromatic rings. The van der Waals surface area contributed by atoms with Crippen molar-refractivity contribution in [3.63, 3.8) is 0 Å². The number of nitrogens with two attached hydrogens (primary N) is 1. The van der Waals surface area contributed by atoms with Crippen LogP contribution in [0.4, 0.5) is 15.8 Å². The lowest BCUT2D eigenvalue weighted by atomic mass is 9.97. The van der Waals surface area contributed by atoms with E-state index in [0.717, 1.165) is 23.7 Å². The number of benzene rings is 2. The van der Waals surface area contributed by atoms with Crippen LogP contribution in [0.2, 0.25) is 0 Å². The van der Waals surface area contributed by atoms with Crippen molar-refractivity contribution < 1.29 is 14.3 Å². The van der Waals surface area contributed by atoms with Crippen LogP contribution in [0.15, 0.2) is 47.5 Å². The molecule has 1 aliphatic heterocycles. The summed E-state index contributed by atoms with van der Waals surface area (Å²) < 4.78 is 14.7. The van der Waals surface area contributed by atoms with Gasteiger partial charge in [0.05, 0.1) is 22.9 Å². The van der Waals surface area contributed by atoms with E-state index in [1.54, 1.807) is 12.1 Å². The Morgan fingerprint density at radius 3 is 2.93 bits per heavy atom. The Morgan fingerprint density at radius 1 is 1.32 bits per heavy atom. The molecule has 0 saturated carbocycles. The molecule has 4 N–H and O–H groups in total. The molecule has 144 valence electrons. The van der Waals surface area contributed by atoms with Crippen LogP contribution in [0.25, 0.3) is 10.9 Å². The first kappa shape index (κ1) is 18.0. The minimum Gasteiger partial charge on any atom is -0.494 e. The molecule has 2 aromatic carbocycles. The lowest BCUT2D eigenvalue weighted by Gasteiger charge is -2.33. The Bertz CT molecular complexity index is 1060. The van der Waals surface area contributed by atoms with Crippen LogP contribution in [0.5, 0.6) is 5.88 Å². The molecule has 1 fully saturated rings. The second-order valence-corrected chi connectivity index (χ2v) is 7.01. The minimum atomic E-state index is -0.400. The largest absolute Gasteiger partial charge is 0.494 e. The smallest absolute Gasteiger partial charge is 0.222 e. The number of anilines is 1. The molecule has 6 nitrogen and oxygen atoms in total. The molecular formula is C21H21FN4O2. The second kappa shape index (κ2) is 7.34. The van der Waals surface area contributed by atoms with Gasteiger partial charge in [0.1, 0.15) is 5.82 Å². The zero-order valence-corrected chi connectivity index (χ0v) is 15.2. The first-order valence-corrected chi connectivity index (χ1v) is 9.20. The maximum atomic E-state index is 14.7. The highest BCUT2D eigenvalue weighted by atomic mass is 19.1. The third-order valence-corrected chi connectivity index (χ3v) is 5.16. The van der Waals surface area contributed by atoms with Crippen LogP contribution in [0.1, 0.15) is 18.4 Å². The van der Waals surface area contributed by atoms with E-state index in [1.165, 1.54) is 12.3 Å². The third-order valence-electron chi connectivity index (χ3n) is 5.16. The summed E-state index contributed by atoms with van der Waals surface area (Å²) in [7, 11) is 0. The number of amides is 1. The maximum absolute atomic E-state index is 14.7. The predicted octanol–water partition coefficient (Wildman–Crippen LogP) is 3.46. The number of carbonyl (C=O) groups is 1.